The van der Waals surface area contributed by atoms with Crippen molar-refractivity contribution < 1.29 is 28.4 Å². The van der Waals surface area contributed by atoms with Crippen LogP contribution >= 0.6 is 0 Å². The molecule has 0 aromatic carbocycles. The van der Waals surface area contributed by atoms with Crippen molar-refractivity contribution in [2.45, 2.75) is 83.1 Å². The van der Waals surface area contributed by atoms with E-state index in [4.69, 9.17) is 0 Å². The van der Waals surface area contributed by atoms with Crippen molar-refractivity contribution in [1.29, 1.82) is 0 Å². The zero-order valence-electron chi connectivity index (χ0n) is 28.8. The molecule has 240 valence electrons. The van der Waals surface area contributed by atoms with Crippen LogP contribution in [0, 0.1) is 41.4 Å². The third-order valence-electron chi connectivity index (χ3n) is 4.56. The Morgan fingerprint density at radius 2 is 1.14 bits per heavy atom. The van der Waals surface area contributed by atoms with Crippen LogP contribution in [-0.2, 0) is 24.0 Å². The van der Waals surface area contributed by atoms with E-state index in [0.717, 1.165) is 6.54 Å². The van der Waals surface area contributed by atoms with E-state index in [9.17, 15) is 28.4 Å². The maximum Gasteiger partial charge on any atom is 0.207 e. The second-order valence-corrected chi connectivity index (χ2v) is 10.9. The third kappa shape index (κ3) is 38.9. The molecule has 0 N–H and O–H groups in total. The number of Topliss-reactive ketones (excluding diaryl/α,β-unsaturated/α-hetero) is 2. The van der Waals surface area contributed by atoms with Crippen LogP contribution in [0.3, 0.4) is 0 Å². The summed E-state index contributed by atoms with van der Waals surface area (Å²) in [7, 11) is 3.95. The van der Waals surface area contributed by atoms with Gasteiger partial charge in [-0.1, -0.05) is 100 Å². The first-order chi connectivity index (χ1) is 19.1. The molecule has 0 saturated heterocycles. The summed E-state index contributed by atoms with van der Waals surface area (Å²) in [5.74, 6) is 4.34. The topological polar surface area (TPSA) is 88.6 Å². The maximum atomic E-state index is 11.8. The number of nitrogens with zero attached hydrogens (tertiary/aromatic N) is 1. The van der Waals surface area contributed by atoms with Crippen molar-refractivity contribution in [3.05, 3.63) is 49.4 Å². The molecule has 0 radical (unpaired) electrons. The Morgan fingerprint density at radius 3 is 1.29 bits per heavy atom. The lowest BCUT2D eigenvalue weighted by atomic mass is 10.1. The molecule has 0 aromatic rings. The van der Waals surface area contributed by atoms with E-state index in [1.54, 1.807) is 39.0 Å². The van der Waals surface area contributed by atoms with Crippen LogP contribution in [0.4, 0.5) is 4.39 Å². The molecule has 0 heterocycles. The zero-order valence-corrected chi connectivity index (χ0v) is 28.8. The van der Waals surface area contributed by atoms with Crippen molar-refractivity contribution in [3.63, 3.8) is 0 Å². The molecule has 42 heavy (non-hydrogen) atoms. The number of likely N-dealkylation sites (N-methyl/N-ethyl adjacent to an activating group) is 1. The van der Waals surface area contributed by atoms with E-state index < -0.39 is 11.6 Å². The predicted octanol–water partition coefficient (Wildman–Crippen LogP) is 7.44. The Morgan fingerprint density at radius 1 is 0.738 bits per heavy atom. The molecule has 6 nitrogen and oxygen atoms in total. The number of rotatable bonds is 11. The molecule has 0 aliphatic heterocycles. The van der Waals surface area contributed by atoms with Gasteiger partial charge in [0.25, 0.3) is 0 Å². The van der Waals surface area contributed by atoms with Crippen LogP contribution in [0.15, 0.2) is 49.4 Å². The van der Waals surface area contributed by atoms with Crippen LogP contribution in [0.1, 0.15) is 83.1 Å². The van der Waals surface area contributed by atoms with Crippen LogP contribution < -0.4 is 0 Å². The number of ketones is 5. The molecule has 0 atom stereocenters. The SMILES string of the molecule is C/C=C/C(=O)C(C)C.C=C(F)C(=O)C(C)C.C=CC(=O)C(C)C.CC#CC(=O)C(C)C.CC(C)C(=O)/C=C/CN(C)C. The Kier molecular flexibility index (Phi) is 35.5. The number of hydrogen-bond acceptors (Lipinski definition) is 6. The first-order valence-electron chi connectivity index (χ1n) is 14.2. The molecule has 0 aromatic heterocycles. The normalized spacial score (nSPS) is 10.0. The summed E-state index contributed by atoms with van der Waals surface area (Å²) in [6.07, 6.45) is 8.27. The largest absolute Gasteiger partial charge is 0.306 e. The lowest BCUT2D eigenvalue weighted by Gasteiger charge is -2.03. The highest BCUT2D eigenvalue weighted by Crippen LogP contribution is 2.03. The predicted molar refractivity (Wildman–Crippen MR) is 176 cm³/mol. The first-order valence-corrected chi connectivity index (χ1v) is 14.2. The van der Waals surface area contributed by atoms with Gasteiger partial charge in [0, 0.05) is 36.1 Å². The van der Waals surface area contributed by atoms with Gasteiger partial charge < -0.3 is 4.90 Å². The molecule has 0 saturated carbocycles. The monoisotopic (exact) mass is 591 g/mol. The summed E-state index contributed by atoms with van der Waals surface area (Å²) in [5, 5.41) is 0. The summed E-state index contributed by atoms with van der Waals surface area (Å²) in [6, 6.07) is 0. The van der Waals surface area contributed by atoms with Gasteiger partial charge in [0.2, 0.25) is 5.78 Å². The lowest BCUT2D eigenvalue weighted by molar-refractivity contribution is -0.120. The van der Waals surface area contributed by atoms with Crippen molar-refractivity contribution in [2.75, 3.05) is 20.6 Å². The van der Waals surface area contributed by atoms with Gasteiger partial charge in [-0.3, -0.25) is 24.0 Å². The molecule has 0 spiro atoms. The maximum absolute atomic E-state index is 11.8. The van der Waals surface area contributed by atoms with E-state index in [-0.39, 0.29) is 52.7 Å². The molecule has 0 rings (SSSR count). The average molecular weight is 592 g/mol. The summed E-state index contributed by atoms with van der Waals surface area (Å²) < 4.78 is 11.8. The highest BCUT2D eigenvalue weighted by Gasteiger charge is 2.09. The molecule has 0 aliphatic carbocycles. The van der Waals surface area contributed by atoms with Crippen LogP contribution in [0.25, 0.3) is 0 Å². The van der Waals surface area contributed by atoms with Gasteiger partial charge in [0.1, 0.15) is 0 Å². The van der Waals surface area contributed by atoms with Crippen LogP contribution in [-0.4, -0.2) is 54.5 Å². The fourth-order valence-electron chi connectivity index (χ4n) is 1.75. The second-order valence-electron chi connectivity index (χ2n) is 10.9. The number of halogens is 1. The minimum Gasteiger partial charge on any atom is -0.306 e. The third-order valence-corrected chi connectivity index (χ3v) is 4.56. The highest BCUT2D eigenvalue weighted by molar-refractivity contribution is 5.96. The molecular formula is C35H58FNO5. The molecule has 0 unspecified atom stereocenters. The summed E-state index contributed by atoms with van der Waals surface area (Å²) >= 11 is 0. The van der Waals surface area contributed by atoms with Gasteiger partial charge in [-0.25, -0.2) is 4.39 Å². The van der Waals surface area contributed by atoms with Crippen molar-refractivity contribution >= 4 is 28.9 Å². The fourth-order valence-corrected chi connectivity index (χ4v) is 1.75. The number of carbonyl (C=O) groups is 5. The summed E-state index contributed by atoms with van der Waals surface area (Å²) in [4.78, 5) is 55.0. The Labute approximate surface area is 256 Å². The van der Waals surface area contributed by atoms with E-state index >= 15 is 0 Å². The lowest BCUT2D eigenvalue weighted by Crippen LogP contribution is -2.11. The van der Waals surface area contributed by atoms with Gasteiger partial charge in [-0.15, -0.1) is 0 Å². The van der Waals surface area contributed by atoms with E-state index in [2.05, 4.69) is 25.0 Å². The van der Waals surface area contributed by atoms with Gasteiger partial charge in [-0.2, -0.15) is 0 Å². The Balaban J connectivity index is -0.000000137. The first kappa shape index (κ1) is 48.5. The second kappa shape index (κ2) is 30.7. The smallest absolute Gasteiger partial charge is 0.207 e. The highest BCUT2D eigenvalue weighted by atomic mass is 19.1. The van der Waals surface area contributed by atoms with Crippen LogP contribution in [0.5, 0.6) is 0 Å². The van der Waals surface area contributed by atoms with Gasteiger partial charge >= 0.3 is 0 Å². The van der Waals surface area contributed by atoms with Gasteiger partial charge in [0.05, 0.1) is 0 Å². The average Bonchev–Trinajstić information content (AvgIpc) is 2.88. The molecule has 7 heteroatoms. The van der Waals surface area contributed by atoms with Gasteiger partial charge in [0.15, 0.2) is 29.0 Å². The standard InChI is InChI=1S/C9H17NO.C7H12O.C7H10O.C6H9FO.C6H10O/c1-8(2)9(11)6-5-7-10(3)4;2*1-4-5-7(8)6(2)3;1-4(2)6(8)5(3)7;1-4-6(7)5(2)3/h5-6,8H,7H2,1-4H3;4-6H,1-3H3;6H,1-3H3;4H,3H2,1-2H3;4-5H,1H2,2-3H3/b6-5+;5-4+;;;. The van der Waals surface area contributed by atoms with Crippen molar-refractivity contribution in [2.24, 2.45) is 29.6 Å². The molecule has 0 amide bonds. The Bertz CT molecular complexity index is 940. The number of allylic oxidation sites excluding steroid dienone is 5. The van der Waals surface area contributed by atoms with Crippen molar-refractivity contribution in [1.82, 2.24) is 4.90 Å². The van der Waals surface area contributed by atoms with Crippen LogP contribution in [0.2, 0.25) is 0 Å². The van der Waals surface area contributed by atoms with E-state index in [1.807, 2.05) is 87.4 Å². The number of carbonyl (C=O) groups excluding carboxylic acids is 5. The van der Waals surface area contributed by atoms with Gasteiger partial charge in [-0.05, 0) is 52.1 Å². The van der Waals surface area contributed by atoms with Crippen molar-refractivity contribution in [3.8, 4) is 11.8 Å². The minimum atomic E-state index is -0.847. The zero-order chi connectivity index (χ0) is 34.6. The fraction of sp³-hybridized carbons (Fsp3) is 0.571. The molecule has 0 aliphatic rings. The Hall–Kier alpha value is -3.24. The molecular weight excluding hydrogens is 533 g/mol. The number of hydrogen-bond donors (Lipinski definition) is 0. The summed E-state index contributed by atoms with van der Waals surface area (Å²) in [5.41, 5.74) is 0. The quantitative estimate of drug-likeness (QED) is 0.141. The molecule has 0 bridgehead atoms. The summed E-state index contributed by atoms with van der Waals surface area (Å²) in [6.45, 7) is 28.8. The van der Waals surface area contributed by atoms with E-state index in [0.29, 0.717) is 0 Å². The van der Waals surface area contributed by atoms with E-state index in [1.165, 1.54) is 6.08 Å². The molecule has 0 fully saturated rings. The minimum absolute atomic E-state index is 0.0208.